The van der Waals surface area contributed by atoms with E-state index >= 15 is 0 Å². The van der Waals surface area contributed by atoms with Crippen LogP contribution >= 0.6 is 11.3 Å². The van der Waals surface area contributed by atoms with Crippen molar-refractivity contribution in [3.05, 3.63) is 45.4 Å². The van der Waals surface area contributed by atoms with Crippen LogP contribution in [0.1, 0.15) is 46.9 Å². The van der Waals surface area contributed by atoms with E-state index in [-0.39, 0.29) is 0 Å². The predicted octanol–water partition coefficient (Wildman–Crippen LogP) is 3.57. The number of aliphatic imine (C=N–C) groups is 1. The molecule has 0 aliphatic carbocycles. The highest BCUT2D eigenvalue weighted by atomic mass is 32.1. The lowest BCUT2D eigenvalue weighted by Crippen LogP contribution is -2.43. The summed E-state index contributed by atoms with van der Waals surface area (Å²) in [4.78, 5) is 13.0. The zero-order valence-corrected chi connectivity index (χ0v) is 19.5. The Balaban J connectivity index is 1.57. The molecule has 0 radical (unpaired) electrons. The van der Waals surface area contributed by atoms with Crippen molar-refractivity contribution in [1.82, 2.24) is 20.5 Å². The second-order valence-corrected chi connectivity index (χ2v) is 8.92. The van der Waals surface area contributed by atoms with Crippen LogP contribution in [0.15, 0.2) is 29.3 Å². The van der Waals surface area contributed by atoms with Crippen molar-refractivity contribution >= 4 is 17.3 Å². The molecule has 1 unspecified atom stereocenters. The monoisotopic (exact) mass is 429 g/mol. The van der Waals surface area contributed by atoms with E-state index in [1.165, 1.54) is 34.0 Å². The van der Waals surface area contributed by atoms with Gasteiger partial charge >= 0.3 is 0 Å². The minimum atomic E-state index is 0.301. The number of benzene rings is 1. The number of likely N-dealkylation sites (tertiary alicyclic amines) is 1. The van der Waals surface area contributed by atoms with Crippen molar-refractivity contribution in [2.24, 2.45) is 4.99 Å². The fourth-order valence-electron chi connectivity index (χ4n) is 3.98. The zero-order valence-electron chi connectivity index (χ0n) is 18.7. The smallest absolute Gasteiger partial charge is 0.191 e. The summed E-state index contributed by atoms with van der Waals surface area (Å²) in [5, 5.41) is 8.18. The normalized spacial score (nSPS) is 15.9. The number of hydrogen-bond donors (Lipinski definition) is 2. The highest BCUT2D eigenvalue weighted by molar-refractivity contribution is 7.11. The molecule has 3 rings (SSSR count). The molecule has 0 bridgehead atoms. The van der Waals surface area contributed by atoms with Crippen molar-refractivity contribution in [3.63, 3.8) is 0 Å². The molecule has 1 fully saturated rings. The van der Waals surface area contributed by atoms with E-state index in [9.17, 15) is 0 Å². The molecule has 2 N–H and O–H groups in total. The Kier molecular flexibility index (Phi) is 8.51. The van der Waals surface area contributed by atoms with E-state index in [0.29, 0.717) is 6.04 Å². The lowest BCUT2D eigenvalue weighted by Gasteiger charge is -2.29. The number of aryl methyl sites for hydroxylation is 2. The van der Waals surface area contributed by atoms with Gasteiger partial charge in [0.2, 0.25) is 0 Å². The molecule has 30 heavy (non-hydrogen) atoms. The van der Waals surface area contributed by atoms with Gasteiger partial charge in [-0.25, -0.2) is 4.98 Å². The van der Waals surface area contributed by atoms with Gasteiger partial charge in [-0.3, -0.25) is 9.89 Å². The number of nitrogens with one attached hydrogen (secondary N) is 2. The van der Waals surface area contributed by atoms with Crippen LogP contribution in [0.2, 0.25) is 0 Å². The van der Waals surface area contributed by atoms with E-state index in [0.717, 1.165) is 50.7 Å². The summed E-state index contributed by atoms with van der Waals surface area (Å²) in [5.41, 5.74) is 2.51. The van der Waals surface area contributed by atoms with Gasteiger partial charge in [-0.15, -0.1) is 11.3 Å². The molecule has 2 heterocycles. The Labute approximate surface area is 184 Å². The third-order valence-electron chi connectivity index (χ3n) is 5.65. The van der Waals surface area contributed by atoms with Gasteiger partial charge in [-0.05, 0) is 57.0 Å². The van der Waals surface area contributed by atoms with Crippen LogP contribution in [0.25, 0.3) is 0 Å². The third kappa shape index (κ3) is 5.95. The zero-order chi connectivity index (χ0) is 21.3. The molecule has 0 amide bonds. The van der Waals surface area contributed by atoms with Crippen LogP contribution in [-0.4, -0.2) is 56.2 Å². The number of nitrogens with zero attached hydrogens (tertiary/aromatic N) is 3. The summed E-state index contributed by atoms with van der Waals surface area (Å²) in [6.07, 6.45) is 4.44. The Hall–Kier alpha value is -2.12. The molecular weight excluding hydrogens is 394 g/mol. The predicted molar refractivity (Wildman–Crippen MR) is 126 cm³/mol. The van der Waals surface area contributed by atoms with Gasteiger partial charge in [0.1, 0.15) is 5.75 Å². The number of guanidine groups is 1. The first-order chi connectivity index (χ1) is 14.6. The largest absolute Gasteiger partial charge is 0.497 e. The molecule has 1 atom stereocenters. The maximum atomic E-state index is 5.45. The van der Waals surface area contributed by atoms with Crippen LogP contribution in [0.5, 0.6) is 5.75 Å². The van der Waals surface area contributed by atoms with Crippen molar-refractivity contribution in [3.8, 4) is 5.75 Å². The Morgan fingerprint density at radius 2 is 2.10 bits per heavy atom. The number of hydrogen-bond acceptors (Lipinski definition) is 5. The Bertz CT molecular complexity index is 829. The second kappa shape index (κ2) is 11.3. The highest BCUT2D eigenvalue weighted by Gasteiger charge is 2.24. The summed E-state index contributed by atoms with van der Waals surface area (Å²) in [5.74, 6) is 1.75. The lowest BCUT2D eigenvalue weighted by molar-refractivity contribution is 0.245. The molecule has 1 aromatic carbocycles. The molecule has 7 heteroatoms. The quantitative estimate of drug-likeness (QED) is 0.471. The summed E-state index contributed by atoms with van der Waals surface area (Å²) in [7, 11) is 3.55. The first-order valence-electron chi connectivity index (χ1n) is 10.9. The first kappa shape index (κ1) is 22.6. The number of aromatic nitrogens is 1. The van der Waals surface area contributed by atoms with E-state index in [1.54, 1.807) is 18.4 Å². The number of rotatable bonds is 9. The van der Waals surface area contributed by atoms with Crippen LogP contribution in [0.3, 0.4) is 0 Å². The summed E-state index contributed by atoms with van der Waals surface area (Å²) in [6.45, 7) is 8.23. The van der Waals surface area contributed by atoms with E-state index in [1.807, 2.05) is 13.1 Å². The molecular formula is C23H35N5OS. The SMILES string of the molecule is CCc1nc(CCNC(=NC)NCC(c2cccc(OC)c2)N2CCCC2)sc1C. The molecule has 0 saturated carbocycles. The molecule has 1 aliphatic heterocycles. The molecule has 1 aromatic heterocycles. The van der Waals surface area contributed by atoms with E-state index < -0.39 is 0 Å². The summed E-state index contributed by atoms with van der Waals surface area (Å²) in [6, 6.07) is 8.72. The van der Waals surface area contributed by atoms with E-state index in [4.69, 9.17) is 9.72 Å². The molecule has 2 aromatic rings. The summed E-state index contributed by atoms with van der Waals surface area (Å²) >= 11 is 1.80. The molecule has 1 aliphatic rings. The second-order valence-electron chi connectivity index (χ2n) is 7.63. The maximum absolute atomic E-state index is 5.45. The molecule has 164 valence electrons. The molecule has 0 spiro atoms. The molecule has 6 nitrogen and oxygen atoms in total. The summed E-state index contributed by atoms with van der Waals surface area (Å²) < 4.78 is 5.45. The van der Waals surface area contributed by atoms with Crippen LogP contribution in [-0.2, 0) is 12.8 Å². The topological polar surface area (TPSA) is 61.8 Å². The minimum Gasteiger partial charge on any atom is -0.497 e. The fourth-order valence-corrected chi connectivity index (χ4v) is 5.01. The van der Waals surface area contributed by atoms with Gasteiger partial charge in [0.15, 0.2) is 5.96 Å². The van der Waals surface area contributed by atoms with Crippen molar-refractivity contribution in [1.29, 1.82) is 0 Å². The Morgan fingerprint density at radius 3 is 2.77 bits per heavy atom. The van der Waals surface area contributed by atoms with Crippen LogP contribution in [0, 0.1) is 6.92 Å². The number of thiazole rings is 1. The average molecular weight is 430 g/mol. The highest BCUT2D eigenvalue weighted by Crippen LogP contribution is 2.27. The Morgan fingerprint density at radius 1 is 1.30 bits per heavy atom. The van der Waals surface area contributed by atoms with Crippen LogP contribution < -0.4 is 15.4 Å². The van der Waals surface area contributed by atoms with Gasteiger partial charge < -0.3 is 15.4 Å². The third-order valence-corrected chi connectivity index (χ3v) is 6.72. The number of ether oxygens (including phenoxy) is 1. The fraction of sp³-hybridized carbons (Fsp3) is 0.565. The van der Waals surface area contributed by atoms with Gasteiger partial charge in [-0.1, -0.05) is 19.1 Å². The minimum absolute atomic E-state index is 0.301. The number of methoxy groups -OCH3 is 1. The first-order valence-corrected chi connectivity index (χ1v) is 11.7. The average Bonchev–Trinajstić information content (AvgIpc) is 3.42. The van der Waals surface area contributed by atoms with Crippen molar-refractivity contribution < 1.29 is 4.74 Å². The van der Waals surface area contributed by atoms with Gasteiger partial charge in [0.05, 0.1) is 23.9 Å². The van der Waals surface area contributed by atoms with Crippen molar-refractivity contribution in [2.75, 3.05) is 40.3 Å². The standard InChI is InChI=1S/C23H35N5OS/c1-5-20-17(2)30-22(27-20)11-12-25-23(24-3)26-16-21(28-13-6-7-14-28)18-9-8-10-19(15-18)29-4/h8-10,15,21H,5-7,11-14,16H2,1-4H3,(H2,24,25,26). The lowest BCUT2D eigenvalue weighted by atomic mass is 10.1. The van der Waals surface area contributed by atoms with Gasteiger partial charge in [0.25, 0.3) is 0 Å². The van der Waals surface area contributed by atoms with E-state index in [2.05, 4.69) is 52.6 Å². The van der Waals surface area contributed by atoms with Gasteiger partial charge in [-0.2, -0.15) is 0 Å². The van der Waals surface area contributed by atoms with Crippen LogP contribution in [0.4, 0.5) is 0 Å². The van der Waals surface area contributed by atoms with Gasteiger partial charge in [0, 0.05) is 31.4 Å². The maximum Gasteiger partial charge on any atom is 0.191 e. The van der Waals surface area contributed by atoms with Crippen molar-refractivity contribution in [2.45, 2.75) is 45.6 Å². The molecule has 1 saturated heterocycles.